The highest BCUT2D eigenvalue weighted by atomic mass is 16.1. The van der Waals surface area contributed by atoms with E-state index < -0.39 is 0 Å². The van der Waals surface area contributed by atoms with E-state index in [1.54, 1.807) is 0 Å². The van der Waals surface area contributed by atoms with E-state index in [0.717, 1.165) is 12.0 Å². The molecule has 0 N–H and O–H groups in total. The van der Waals surface area contributed by atoms with Crippen molar-refractivity contribution in [1.82, 2.24) is 0 Å². The van der Waals surface area contributed by atoms with Crippen molar-refractivity contribution in [3.05, 3.63) is 35.4 Å². The van der Waals surface area contributed by atoms with Gasteiger partial charge in [0.2, 0.25) is 0 Å². The molecule has 1 heteroatoms. The van der Waals surface area contributed by atoms with Gasteiger partial charge in [-0.2, -0.15) is 0 Å². The van der Waals surface area contributed by atoms with Crippen LogP contribution in [-0.2, 0) is 6.42 Å². The van der Waals surface area contributed by atoms with Gasteiger partial charge in [-0.05, 0) is 17.4 Å². The number of carbonyl (C=O) groups is 1. The van der Waals surface area contributed by atoms with Crippen LogP contribution in [0.25, 0.3) is 0 Å². The van der Waals surface area contributed by atoms with E-state index in [9.17, 15) is 4.79 Å². The molecule has 74 valence electrons. The molecule has 0 aromatic heterocycles. The summed E-state index contributed by atoms with van der Waals surface area (Å²) in [6, 6.07) is 7.98. The van der Waals surface area contributed by atoms with Crippen molar-refractivity contribution in [3.8, 4) is 0 Å². The first-order valence-corrected chi connectivity index (χ1v) is 5.14. The predicted molar refractivity (Wildman–Crippen MR) is 57.4 cm³/mol. The van der Waals surface area contributed by atoms with E-state index in [1.807, 2.05) is 25.1 Å². The molecule has 1 nitrogen and oxygen atoms in total. The fourth-order valence-corrected chi connectivity index (χ4v) is 2.15. The number of rotatable bonds is 0. The number of benzene rings is 1. The molecule has 0 heterocycles. The molecular formula is C13H16O. The summed E-state index contributed by atoms with van der Waals surface area (Å²) in [5.74, 6) is 0.439. The minimum atomic E-state index is 0.103. The maximum absolute atomic E-state index is 12.0. The Kier molecular flexibility index (Phi) is 1.99. The van der Waals surface area contributed by atoms with Crippen LogP contribution in [0.1, 0.15) is 36.7 Å². The van der Waals surface area contributed by atoms with E-state index >= 15 is 0 Å². The summed E-state index contributed by atoms with van der Waals surface area (Å²) in [6.45, 7) is 6.38. The van der Waals surface area contributed by atoms with E-state index in [0.29, 0.717) is 5.78 Å². The molecule has 0 saturated carbocycles. The smallest absolute Gasteiger partial charge is 0.166 e. The summed E-state index contributed by atoms with van der Waals surface area (Å²) in [6.07, 6.45) is 1.01. The Bertz CT molecular complexity index is 377. The lowest BCUT2D eigenvalue weighted by Crippen LogP contribution is -2.36. The molecule has 0 amide bonds. The van der Waals surface area contributed by atoms with E-state index in [1.165, 1.54) is 5.56 Å². The molecule has 0 radical (unpaired) electrons. The summed E-state index contributed by atoms with van der Waals surface area (Å²) in [5, 5.41) is 0. The van der Waals surface area contributed by atoms with Crippen molar-refractivity contribution < 1.29 is 4.79 Å². The summed E-state index contributed by atoms with van der Waals surface area (Å²) in [5.41, 5.74) is 2.24. The number of ketones is 1. The summed E-state index contributed by atoms with van der Waals surface area (Å²) >= 11 is 0. The molecule has 0 spiro atoms. The van der Waals surface area contributed by atoms with Gasteiger partial charge in [-0.1, -0.05) is 45.0 Å². The zero-order chi connectivity index (χ0) is 10.3. The number of hydrogen-bond donors (Lipinski definition) is 0. The first kappa shape index (κ1) is 9.45. The Labute approximate surface area is 85.1 Å². The average Bonchev–Trinajstić information content (AvgIpc) is 2.14. The van der Waals surface area contributed by atoms with Gasteiger partial charge in [0, 0.05) is 11.5 Å². The third kappa shape index (κ3) is 1.28. The molecule has 14 heavy (non-hydrogen) atoms. The molecule has 0 bridgehead atoms. The van der Waals surface area contributed by atoms with Gasteiger partial charge < -0.3 is 0 Å². The Morgan fingerprint density at radius 2 is 1.93 bits per heavy atom. The Hall–Kier alpha value is -1.11. The molecule has 1 aromatic rings. The first-order chi connectivity index (χ1) is 6.52. The molecule has 1 unspecified atom stereocenters. The van der Waals surface area contributed by atoms with Crippen LogP contribution in [0.5, 0.6) is 0 Å². The highest BCUT2D eigenvalue weighted by Gasteiger charge is 2.37. The van der Waals surface area contributed by atoms with Gasteiger partial charge in [0.15, 0.2) is 5.78 Å². The van der Waals surface area contributed by atoms with Crippen LogP contribution < -0.4 is 0 Å². The van der Waals surface area contributed by atoms with Crippen LogP contribution in [0.2, 0.25) is 0 Å². The second-order valence-electron chi connectivity index (χ2n) is 4.91. The standard InChI is InChI=1S/C13H16O/c1-9-12(14)11-7-5-4-6-10(11)8-13(9,2)3/h4-7,9H,8H2,1-3H3. The lowest BCUT2D eigenvalue weighted by Gasteiger charge is -2.36. The topological polar surface area (TPSA) is 17.1 Å². The van der Waals surface area contributed by atoms with Gasteiger partial charge >= 0.3 is 0 Å². The lowest BCUT2D eigenvalue weighted by molar-refractivity contribution is 0.0791. The molecule has 0 fully saturated rings. The van der Waals surface area contributed by atoms with Crippen LogP contribution in [0.3, 0.4) is 0 Å². The fourth-order valence-electron chi connectivity index (χ4n) is 2.15. The Morgan fingerprint density at radius 1 is 1.29 bits per heavy atom. The largest absolute Gasteiger partial charge is 0.294 e. The summed E-state index contributed by atoms with van der Waals surface area (Å²) < 4.78 is 0. The van der Waals surface area contributed by atoms with E-state index in [-0.39, 0.29) is 11.3 Å². The average molecular weight is 188 g/mol. The van der Waals surface area contributed by atoms with E-state index in [4.69, 9.17) is 0 Å². The maximum atomic E-state index is 12.0. The van der Waals surface area contributed by atoms with Crippen LogP contribution in [-0.4, -0.2) is 5.78 Å². The van der Waals surface area contributed by atoms with Crippen molar-refractivity contribution in [2.24, 2.45) is 11.3 Å². The minimum absolute atomic E-state index is 0.103. The molecule has 0 saturated heterocycles. The number of hydrogen-bond acceptors (Lipinski definition) is 1. The van der Waals surface area contributed by atoms with Crippen molar-refractivity contribution in [2.45, 2.75) is 27.2 Å². The van der Waals surface area contributed by atoms with Crippen LogP contribution in [0, 0.1) is 11.3 Å². The monoisotopic (exact) mass is 188 g/mol. The van der Waals surface area contributed by atoms with E-state index in [2.05, 4.69) is 19.9 Å². The van der Waals surface area contributed by atoms with Crippen LogP contribution in [0.15, 0.2) is 24.3 Å². The number of carbonyl (C=O) groups excluding carboxylic acids is 1. The highest BCUT2D eigenvalue weighted by molar-refractivity contribution is 6.00. The zero-order valence-electron chi connectivity index (χ0n) is 9.00. The van der Waals surface area contributed by atoms with Gasteiger partial charge in [0.25, 0.3) is 0 Å². The molecule has 1 aromatic carbocycles. The minimum Gasteiger partial charge on any atom is -0.294 e. The van der Waals surface area contributed by atoms with Crippen molar-refractivity contribution in [3.63, 3.8) is 0 Å². The van der Waals surface area contributed by atoms with Crippen LogP contribution in [0.4, 0.5) is 0 Å². The normalized spacial score (nSPS) is 24.5. The highest BCUT2D eigenvalue weighted by Crippen LogP contribution is 2.38. The third-order valence-corrected chi connectivity index (χ3v) is 3.49. The lowest BCUT2D eigenvalue weighted by atomic mass is 9.67. The SMILES string of the molecule is CC1C(=O)c2ccccc2CC1(C)C. The van der Waals surface area contributed by atoms with Crippen LogP contribution >= 0.6 is 0 Å². The maximum Gasteiger partial charge on any atom is 0.166 e. The zero-order valence-corrected chi connectivity index (χ0v) is 9.00. The second-order valence-corrected chi connectivity index (χ2v) is 4.91. The summed E-state index contributed by atoms with van der Waals surface area (Å²) in [7, 11) is 0. The predicted octanol–water partition coefficient (Wildman–Crippen LogP) is 3.09. The van der Waals surface area contributed by atoms with Gasteiger partial charge in [-0.15, -0.1) is 0 Å². The van der Waals surface area contributed by atoms with Gasteiger partial charge in [-0.3, -0.25) is 4.79 Å². The first-order valence-electron chi connectivity index (χ1n) is 5.14. The second kappa shape index (κ2) is 2.94. The van der Waals surface area contributed by atoms with Gasteiger partial charge in [0.05, 0.1) is 0 Å². The quantitative estimate of drug-likeness (QED) is 0.611. The molecule has 2 rings (SSSR count). The molecular weight excluding hydrogens is 172 g/mol. The molecule has 0 aliphatic heterocycles. The van der Waals surface area contributed by atoms with Crippen molar-refractivity contribution in [2.75, 3.05) is 0 Å². The van der Waals surface area contributed by atoms with Gasteiger partial charge in [0.1, 0.15) is 0 Å². The number of fused-ring (bicyclic) bond motifs is 1. The third-order valence-electron chi connectivity index (χ3n) is 3.49. The Morgan fingerprint density at radius 3 is 2.64 bits per heavy atom. The van der Waals surface area contributed by atoms with Crippen molar-refractivity contribution >= 4 is 5.78 Å². The molecule has 1 aliphatic rings. The fraction of sp³-hybridized carbons (Fsp3) is 0.462. The number of Topliss-reactive ketones (excluding diaryl/α,β-unsaturated/α-hetero) is 1. The Balaban J connectivity index is 2.54. The molecule has 1 atom stereocenters. The van der Waals surface area contributed by atoms with Gasteiger partial charge in [-0.25, -0.2) is 0 Å². The van der Waals surface area contributed by atoms with Crippen molar-refractivity contribution in [1.29, 1.82) is 0 Å². The summed E-state index contributed by atoms with van der Waals surface area (Å²) in [4.78, 5) is 12.0. The molecule has 1 aliphatic carbocycles.